The number of carbonyl (C=O) groups is 3. The van der Waals surface area contributed by atoms with Crippen LogP contribution in [0.1, 0.15) is 114 Å². The first-order chi connectivity index (χ1) is 18.9. The van der Waals surface area contributed by atoms with Crippen LogP contribution in [0.5, 0.6) is 0 Å². The Labute approximate surface area is 246 Å². The zero-order valence-corrected chi connectivity index (χ0v) is 26.6. The Bertz CT molecular complexity index is 1150. The van der Waals surface area contributed by atoms with Gasteiger partial charge in [0.05, 0.1) is 6.10 Å². The van der Waals surface area contributed by atoms with Gasteiger partial charge in [0.15, 0.2) is 0 Å². The molecule has 230 valence electrons. The minimum atomic E-state index is -0.963. The summed E-state index contributed by atoms with van der Waals surface area (Å²) in [6, 6.07) is 0. The molecule has 2 N–H and O–H groups in total. The maximum atomic E-state index is 12.1. The van der Waals surface area contributed by atoms with Gasteiger partial charge in [-0.05, 0) is 91.4 Å². The quantitative estimate of drug-likeness (QED) is 0.200. The summed E-state index contributed by atoms with van der Waals surface area (Å²) in [5.74, 6) is -1.05. The zero-order valence-electron chi connectivity index (χ0n) is 26.6. The van der Waals surface area contributed by atoms with Crippen molar-refractivity contribution in [3.63, 3.8) is 0 Å². The number of hydrogen-bond acceptors (Lipinski definition) is 6. The predicted molar refractivity (Wildman–Crippen MR) is 157 cm³/mol. The minimum Gasteiger partial charge on any atom is -0.478 e. The highest BCUT2D eigenvalue weighted by Gasteiger charge is 2.65. The van der Waals surface area contributed by atoms with Crippen molar-refractivity contribution < 1.29 is 34.1 Å². The normalized spacial score (nSPS) is 39.6. The molecule has 0 bridgehead atoms. The first-order valence-corrected chi connectivity index (χ1v) is 15.6. The molecular formula is C34H52O7. The lowest BCUT2D eigenvalue weighted by Gasteiger charge is -2.63. The number of fused-ring (bicyclic) bond motifs is 4. The monoisotopic (exact) mass is 572 g/mol. The summed E-state index contributed by atoms with van der Waals surface area (Å²) >= 11 is 0. The van der Waals surface area contributed by atoms with Crippen molar-refractivity contribution in [2.45, 2.75) is 132 Å². The molecule has 2 saturated carbocycles. The lowest BCUT2D eigenvalue weighted by Crippen LogP contribution is -2.58. The van der Waals surface area contributed by atoms with E-state index in [2.05, 4.69) is 41.5 Å². The number of rotatable bonds is 7. The topological polar surface area (TPSA) is 110 Å². The minimum absolute atomic E-state index is 0.0351. The van der Waals surface area contributed by atoms with Gasteiger partial charge in [-0.1, -0.05) is 53.2 Å². The van der Waals surface area contributed by atoms with Crippen LogP contribution in [-0.2, 0) is 23.9 Å². The van der Waals surface area contributed by atoms with Crippen molar-refractivity contribution in [2.24, 2.45) is 39.4 Å². The molecule has 0 heterocycles. The lowest BCUT2D eigenvalue weighted by atomic mass is 9.42. The Hall–Kier alpha value is -2.15. The smallest absolute Gasteiger partial charge is 0.330 e. The van der Waals surface area contributed by atoms with E-state index in [1.165, 1.54) is 25.0 Å². The number of carboxylic acids is 1. The summed E-state index contributed by atoms with van der Waals surface area (Å²) in [5.41, 5.74) is 2.35. The lowest BCUT2D eigenvalue weighted by molar-refractivity contribution is -0.169. The molecule has 0 radical (unpaired) electrons. The Morgan fingerprint density at radius 1 is 1.00 bits per heavy atom. The second-order valence-corrected chi connectivity index (χ2v) is 14.9. The van der Waals surface area contributed by atoms with Crippen molar-refractivity contribution in [3.8, 4) is 0 Å². The van der Waals surface area contributed by atoms with Gasteiger partial charge in [0.2, 0.25) is 0 Å². The molecular weight excluding hydrogens is 520 g/mol. The van der Waals surface area contributed by atoms with Crippen LogP contribution in [0, 0.1) is 39.4 Å². The van der Waals surface area contributed by atoms with E-state index in [0.29, 0.717) is 12.8 Å². The van der Waals surface area contributed by atoms with Crippen molar-refractivity contribution in [2.75, 3.05) is 0 Å². The number of esters is 2. The van der Waals surface area contributed by atoms with Crippen molar-refractivity contribution >= 4 is 17.9 Å². The number of hydrogen-bond donors (Lipinski definition) is 2. The summed E-state index contributed by atoms with van der Waals surface area (Å²) in [5, 5.41) is 21.3. The van der Waals surface area contributed by atoms with E-state index < -0.39 is 18.2 Å². The van der Waals surface area contributed by atoms with E-state index >= 15 is 0 Å². The third-order valence-corrected chi connectivity index (χ3v) is 12.6. The van der Waals surface area contributed by atoms with Gasteiger partial charge in [0.25, 0.3) is 0 Å². The van der Waals surface area contributed by atoms with Crippen LogP contribution in [0.2, 0.25) is 0 Å². The van der Waals surface area contributed by atoms with Crippen LogP contribution in [0.4, 0.5) is 0 Å². The molecule has 0 unspecified atom stereocenters. The molecule has 7 heteroatoms. The molecule has 4 aliphatic carbocycles. The third kappa shape index (κ3) is 5.08. The predicted octanol–water partition coefficient (Wildman–Crippen LogP) is 6.63. The van der Waals surface area contributed by atoms with E-state index in [1.54, 1.807) is 13.0 Å². The van der Waals surface area contributed by atoms with Gasteiger partial charge in [-0.25, -0.2) is 4.79 Å². The molecule has 0 amide bonds. The number of carbonyl (C=O) groups excluding carboxylic acids is 2. The largest absolute Gasteiger partial charge is 0.478 e. The molecule has 0 saturated heterocycles. The molecule has 4 rings (SSSR count). The summed E-state index contributed by atoms with van der Waals surface area (Å²) in [6.45, 7) is 18.1. The number of ether oxygens (including phenoxy) is 2. The maximum Gasteiger partial charge on any atom is 0.330 e. The second kappa shape index (κ2) is 10.8. The molecule has 41 heavy (non-hydrogen) atoms. The molecule has 0 aliphatic heterocycles. The molecule has 0 aromatic rings. The molecule has 9 atom stereocenters. The fraction of sp³-hybridized carbons (Fsp3) is 0.794. The summed E-state index contributed by atoms with van der Waals surface area (Å²) < 4.78 is 11.6. The summed E-state index contributed by atoms with van der Waals surface area (Å²) in [4.78, 5) is 35.4. The summed E-state index contributed by atoms with van der Waals surface area (Å²) in [6.07, 6.45) is 7.25. The zero-order chi connectivity index (χ0) is 30.7. The van der Waals surface area contributed by atoms with E-state index in [-0.39, 0.29) is 63.0 Å². The van der Waals surface area contributed by atoms with Gasteiger partial charge in [-0.2, -0.15) is 0 Å². The number of aliphatic hydroxyl groups excluding tert-OH is 1. The van der Waals surface area contributed by atoms with Crippen molar-refractivity contribution in [1.29, 1.82) is 0 Å². The fourth-order valence-electron chi connectivity index (χ4n) is 10.1. The van der Waals surface area contributed by atoms with Crippen LogP contribution >= 0.6 is 0 Å². The number of carboxylic acid groups (broad SMARTS) is 1. The van der Waals surface area contributed by atoms with Crippen LogP contribution in [0.15, 0.2) is 22.8 Å². The average molecular weight is 573 g/mol. The average Bonchev–Trinajstić information content (AvgIpc) is 3.14. The van der Waals surface area contributed by atoms with Gasteiger partial charge in [-0.3, -0.25) is 9.59 Å². The van der Waals surface area contributed by atoms with Crippen molar-refractivity contribution in [3.05, 3.63) is 22.8 Å². The van der Waals surface area contributed by atoms with E-state index in [4.69, 9.17) is 9.47 Å². The van der Waals surface area contributed by atoms with E-state index in [9.17, 15) is 24.6 Å². The Morgan fingerprint density at radius 2 is 1.66 bits per heavy atom. The fourth-order valence-corrected chi connectivity index (χ4v) is 10.1. The Morgan fingerprint density at radius 3 is 2.24 bits per heavy atom. The maximum absolute atomic E-state index is 12.1. The van der Waals surface area contributed by atoms with Gasteiger partial charge in [0.1, 0.15) is 12.2 Å². The highest BCUT2D eigenvalue weighted by molar-refractivity contribution is 5.85. The van der Waals surface area contributed by atoms with Crippen LogP contribution in [0.25, 0.3) is 0 Å². The molecule has 0 spiro atoms. The van der Waals surface area contributed by atoms with Crippen molar-refractivity contribution in [1.82, 2.24) is 0 Å². The van der Waals surface area contributed by atoms with Crippen LogP contribution < -0.4 is 0 Å². The number of allylic oxidation sites excluding steroid dienone is 1. The summed E-state index contributed by atoms with van der Waals surface area (Å²) in [7, 11) is 0. The van der Waals surface area contributed by atoms with Gasteiger partial charge in [-0.15, -0.1) is 0 Å². The second-order valence-electron chi connectivity index (χ2n) is 14.9. The highest BCUT2D eigenvalue weighted by atomic mass is 16.5. The standard InChI is InChI=1S/C34H52O7/c1-19(30(38)39)10-11-26(40-21(3)35)20(2)23-12-17-34(9)29-24(13-16-33(23,34)8)32(7)15-14-28(41-22(4)36)31(5,6)27(32)18-25(29)37/h10,20,23,25-28,37H,11-18H2,1-9H3,(H,38,39)/b19-10-/t20-,23+,25+,26-,27-,28-,32+,33+,34-/m0/s1. The van der Waals surface area contributed by atoms with Gasteiger partial charge >= 0.3 is 17.9 Å². The van der Waals surface area contributed by atoms with Crippen LogP contribution in [-0.4, -0.2) is 46.4 Å². The van der Waals surface area contributed by atoms with E-state index in [1.807, 2.05) is 0 Å². The molecule has 0 aromatic heterocycles. The molecule has 2 fully saturated rings. The molecule has 7 nitrogen and oxygen atoms in total. The number of aliphatic hydroxyl groups is 1. The first kappa shape index (κ1) is 31.8. The first-order valence-electron chi connectivity index (χ1n) is 15.6. The molecule has 0 aromatic carbocycles. The number of aliphatic carboxylic acids is 1. The SMILES string of the molecule is CC(=O)O[C@@H](C/C=C(/C)C(=O)O)[C@@H](C)[C@H]1CC[C@@]2(C)C3=C(CC[C@]12C)[C@@]1(C)CC[C@H](OC(C)=O)C(C)(C)[C@@H]1C[C@H]3O. The Balaban J connectivity index is 1.69. The molecule has 4 aliphatic rings. The van der Waals surface area contributed by atoms with Gasteiger partial charge < -0.3 is 19.7 Å². The Kier molecular flexibility index (Phi) is 8.40. The third-order valence-electron chi connectivity index (χ3n) is 12.6. The van der Waals surface area contributed by atoms with Crippen LogP contribution in [0.3, 0.4) is 0 Å². The van der Waals surface area contributed by atoms with E-state index in [0.717, 1.165) is 38.5 Å². The highest BCUT2D eigenvalue weighted by Crippen LogP contribution is 2.72. The van der Waals surface area contributed by atoms with Gasteiger partial charge in [0, 0.05) is 31.3 Å².